The van der Waals surface area contributed by atoms with Gasteiger partial charge in [0.2, 0.25) is 0 Å². The van der Waals surface area contributed by atoms with Gasteiger partial charge in [-0.05, 0) is 62.5 Å². The Morgan fingerprint density at radius 2 is 1.10 bits per heavy atom. The Kier molecular flexibility index (Phi) is 4.25. The lowest BCUT2D eigenvalue weighted by molar-refractivity contribution is 1.41. The van der Waals surface area contributed by atoms with Crippen LogP contribution < -0.4 is 0 Å². The average Bonchev–Trinajstić information content (AvgIpc) is 3.03. The highest BCUT2D eigenvalue weighted by atomic mass is 14.8. The van der Waals surface area contributed by atoms with E-state index in [9.17, 15) is 0 Å². The third-order valence-corrected chi connectivity index (χ3v) is 6.08. The molecule has 0 saturated carbocycles. The topological polar surface area (TPSA) is 12.4 Å². The highest BCUT2D eigenvalue weighted by Gasteiger charge is 2.15. The van der Waals surface area contributed by atoms with Gasteiger partial charge in [0.05, 0.1) is 11.4 Å². The summed E-state index contributed by atoms with van der Waals surface area (Å²) in [4.78, 5) is 5.12. The Morgan fingerprint density at radius 3 is 1.84 bits per heavy atom. The van der Waals surface area contributed by atoms with Gasteiger partial charge >= 0.3 is 0 Å². The van der Waals surface area contributed by atoms with Gasteiger partial charge in [0.1, 0.15) is 0 Å². The molecule has 0 N–H and O–H groups in total. The first-order chi connectivity index (χ1) is 15.3. The largest absolute Gasteiger partial charge is 0.252 e. The summed E-state index contributed by atoms with van der Waals surface area (Å²) in [6.07, 6.45) is 3.10. The van der Waals surface area contributed by atoms with Gasteiger partial charge in [-0.1, -0.05) is 91.0 Å². The highest BCUT2D eigenvalue weighted by Crippen LogP contribution is 2.34. The first-order valence-electron chi connectivity index (χ1n) is 10.7. The zero-order valence-corrected chi connectivity index (χ0v) is 17.1. The van der Waals surface area contributed by atoms with Crippen LogP contribution in [-0.2, 0) is 0 Å². The van der Waals surface area contributed by atoms with E-state index in [1.807, 2.05) is 0 Å². The van der Waals surface area contributed by atoms with Crippen molar-refractivity contribution in [1.82, 2.24) is 0 Å². The predicted molar refractivity (Wildman–Crippen MR) is 133 cm³/mol. The van der Waals surface area contributed by atoms with Crippen molar-refractivity contribution < 1.29 is 0 Å². The number of para-hydroxylation sites is 1. The first-order valence-corrected chi connectivity index (χ1v) is 10.7. The summed E-state index contributed by atoms with van der Waals surface area (Å²) in [5, 5.41) is 5.04. The van der Waals surface area contributed by atoms with Crippen molar-refractivity contribution in [3.05, 3.63) is 126 Å². The summed E-state index contributed by atoms with van der Waals surface area (Å²) in [5.74, 6) is 0. The van der Waals surface area contributed by atoms with Crippen molar-refractivity contribution >= 4 is 44.6 Å². The zero-order chi connectivity index (χ0) is 20.6. The van der Waals surface area contributed by atoms with E-state index in [0.717, 1.165) is 17.8 Å². The molecular weight excluding hydrogens is 374 g/mol. The van der Waals surface area contributed by atoms with Gasteiger partial charge in [-0.2, -0.15) is 0 Å². The minimum Gasteiger partial charge on any atom is -0.252 e. The Balaban J connectivity index is 1.51. The molecule has 1 aliphatic heterocycles. The summed E-state index contributed by atoms with van der Waals surface area (Å²) < 4.78 is 0. The van der Waals surface area contributed by atoms with Gasteiger partial charge in [0, 0.05) is 12.0 Å². The third-order valence-electron chi connectivity index (χ3n) is 6.08. The van der Waals surface area contributed by atoms with E-state index in [2.05, 4.69) is 115 Å². The van der Waals surface area contributed by atoms with Crippen molar-refractivity contribution in [2.24, 2.45) is 4.99 Å². The Bertz CT molecular complexity index is 1390. The summed E-state index contributed by atoms with van der Waals surface area (Å²) in [5.41, 5.74) is 7.03. The van der Waals surface area contributed by atoms with Crippen molar-refractivity contribution in [3.8, 4) is 0 Å². The molecule has 0 saturated heterocycles. The van der Waals surface area contributed by atoms with Crippen LogP contribution in [-0.4, -0.2) is 5.71 Å². The number of rotatable bonds is 2. The van der Waals surface area contributed by atoms with Crippen LogP contribution in [0.5, 0.6) is 0 Å². The molecule has 1 aliphatic rings. The number of aliphatic imine (C=N–C) groups is 1. The molecule has 6 rings (SSSR count). The second kappa shape index (κ2) is 7.37. The van der Waals surface area contributed by atoms with Crippen LogP contribution in [0.4, 0.5) is 5.69 Å². The fraction of sp³-hybridized carbons (Fsp3) is 0.0333. The SMILES string of the molecule is C1=C(c2ccc3ccccc3c2)CC(c2ccc3ccccc3c2)=Nc2ccccc21. The highest BCUT2D eigenvalue weighted by molar-refractivity contribution is 6.12. The summed E-state index contributed by atoms with van der Waals surface area (Å²) in [6.45, 7) is 0. The molecule has 1 heterocycles. The second-order valence-electron chi connectivity index (χ2n) is 8.09. The van der Waals surface area contributed by atoms with Crippen LogP contribution in [0.2, 0.25) is 0 Å². The van der Waals surface area contributed by atoms with E-state index in [-0.39, 0.29) is 0 Å². The number of fused-ring (bicyclic) bond motifs is 3. The van der Waals surface area contributed by atoms with E-state index in [4.69, 9.17) is 4.99 Å². The van der Waals surface area contributed by atoms with Crippen LogP contribution in [0.25, 0.3) is 33.2 Å². The average molecular weight is 396 g/mol. The molecule has 0 fully saturated rings. The van der Waals surface area contributed by atoms with Crippen LogP contribution in [0, 0.1) is 0 Å². The molecule has 0 aliphatic carbocycles. The van der Waals surface area contributed by atoms with Crippen molar-refractivity contribution in [1.29, 1.82) is 0 Å². The molecule has 0 unspecified atom stereocenters. The lowest BCUT2D eigenvalue weighted by Gasteiger charge is -2.11. The minimum atomic E-state index is 0.797. The molecule has 31 heavy (non-hydrogen) atoms. The zero-order valence-electron chi connectivity index (χ0n) is 17.1. The molecule has 0 bridgehead atoms. The molecule has 5 aromatic carbocycles. The molecule has 0 radical (unpaired) electrons. The Labute approximate surface area is 182 Å². The van der Waals surface area contributed by atoms with Gasteiger partial charge in [-0.3, -0.25) is 4.99 Å². The molecule has 5 aromatic rings. The van der Waals surface area contributed by atoms with Gasteiger partial charge < -0.3 is 0 Å². The first kappa shape index (κ1) is 17.9. The normalized spacial score (nSPS) is 13.4. The van der Waals surface area contributed by atoms with Gasteiger partial charge in [0.25, 0.3) is 0 Å². The van der Waals surface area contributed by atoms with Crippen LogP contribution >= 0.6 is 0 Å². The standard InChI is InChI=1S/C30H21N/c1-3-9-23-17-25(15-13-21(23)7-1)28-19-26-11-5-6-12-29(26)31-30(20-28)27-16-14-22-8-2-4-10-24(22)18-27/h1-19H,20H2. The maximum absolute atomic E-state index is 5.12. The number of allylic oxidation sites excluding steroid dienone is 1. The smallest absolute Gasteiger partial charge is 0.0705 e. The molecule has 146 valence electrons. The molecule has 1 heteroatoms. The molecule has 0 atom stereocenters. The lowest BCUT2D eigenvalue weighted by atomic mass is 9.93. The van der Waals surface area contributed by atoms with Gasteiger partial charge in [-0.25, -0.2) is 0 Å². The van der Waals surface area contributed by atoms with Crippen molar-refractivity contribution in [2.45, 2.75) is 6.42 Å². The molecule has 0 amide bonds. The van der Waals surface area contributed by atoms with Crippen molar-refractivity contribution in [2.75, 3.05) is 0 Å². The number of hydrogen-bond donors (Lipinski definition) is 0. The van der Waals surface area contributed by atoms with Crippen molar-refractivity contribution in [3.63, 3.8) is 0 Å². The molecule has 0 aromatic heterocycles. The van der Waals surface area contributed by atoms with Gasteiger partial charge in [0.15, 0.2) is 0 Å². The number of hydrogen-bond acceptors (Lipinski definition) is 1. The molecule has 1 nitrogen and oxygen atoms in total. The van der Waals surface area contributed by atoms with Crippen LogP contribution in [0.1, 0.15) is 23.1 Å². The lowest BCUT2D eigenvalue weighted by Crippen LogP contribution is -2.02. The monoisotopic (exact) mass is 395 g/mol. The van der Waals surface area contributed by atoms with E-state index in [1.165, 1.54) is 43.8 Å². The fourth-order valence-corrected chi connectivity index (χ4v) is 4.43. The van der Waals surface area contributed by atoms with E-state index >= 15 is 0 Å². The summed E-state index contributed by atoms with van der Waals surface area (Å²) in [6, 6.07) is 38.9. The van der Waals surface area contributed by atoms with Crippen LogP contribution in [0.3, 0.4) is 0 Å². The number of benzene rings is 5. The van der Waals surface area contributed by atoms with E-state index in [1.54, 1.807) is 0 Å². The molecule has 0 spiro atoms. The summed E-state index contributed by atoms with van der Waals surface area (Å²) in [7, 11) is 0. The maximum Gasteiger partial charge on any atom is 0.0705 e. The maximum atomic E-state index is 5.12. The molecular formula is C30H21N. The quantitative estimate of drug-likeness (QED) is 0.287. The predicted octanol–water partition coefficient (Wildman–Crippen LogP) is 8.06. The Hall–Kier alpha value is -3.97. The number of nitrogens with zero attached hydrogens (tertiary/aromatic N) is 1. The minimum absolute atomic E-state index is 0.797. The second-order valence-corrected chi connectivity index (χ2v) is 8.09. The van der Waals surface area contributed by atoms with E-state index < -0.39 is 0 Å². The van der Waals surface area contributed by atoms with E-state index in [0.29, 0.717) is 0 Å². The Morgan fingerprint density at radius 1 is 0.516 bits per heavy atom. The van der Waals surface area contributed by atoms with Gasteiger partial charge in [-0.15, -0.1) is 0 Å². The third kappa shape index (κ3) is 3.35. The fourth-order valence-electron chi connectivity index (χ4n) is 4.43. The summed E-state index contributed by atoms with van der Waals surface area (Å²) >= 11 is 0. The van der Waals surface area contributed by atoms with Crippen LogP contribution in [0.15, 0.2) is 114 Å².